The van der Waals surface area contributed by atoms with E-state index in [-0.39, 0.29) is 24.1 Å². The van der Waals surface area contributed by atoms with Crippen LogP contribution in [-0.2, 0) is 9.53 Å². The Hall–Kier alpha value is -0.570. The Balaban J connectivity index is 2.03. The highest BCUT2D eigenvalue weighted by Gasteiger charge is 2.49. The number of ether oxygens (including phenoxy) is 1. The van der Waals surface area contributed by atoms with Gasteiger partial charge < -0.3 is 9.84 Å². The van der Waals surface area contributed by atoms with Crippen molar-refractivity contribution < 1.29 is 14.6 Å². The fourth-order valence-electron chi connectivity index (χ4n) is 2.61. The van der Waals surface area contributed by atoms with Gasteiger partial charge in [0.05, 0.1) is 6.10 Å². The Morgan fingerprint density at radius 1 is 1.50 bits per heavy atom. The SMILES string of the molecule is CC(=O)O[C@H]1[C@@H]2CC[C@H]1[C@H](O)C2. The highest BCUT2D eigenvalue weighted by molar-refractivity contribution is 5.66. The summed E-state index contributed by atoms with van der Waals surface area (Å²) < 4.78 is 5.17. The molecule has 3 heteroatoms. The molecule has 2 bridgehead atoms. The van der Waals surface area contributed by atoms with Crippen molar-refractivity contribution in [2.75, 3.05) is 0 Å². The van der Waals surface area contributed by atoms with E-state index in [2.05, 4.69) is 0 Å². The molecule has 4 atom stereocenters. The van der Waals surface area contributed by atoms with Gasteiger partial charge in [-0.25, -0.2) is 0 Å². The van der Waals surface area contributed by atoms with Gasteiger partial charge in [0.1, 0.15) is 6.10 Å². The molecule has 0 aliphatic heterocycles. The van der Waals surface area contributed by atoms with Gasteiger partial charge in [-0.05, 0) is 25.2 Å². The summed E-state index contributed by atoms with van der Waals surface area (Å²) >= 11 is 0. The third kappa shape index (κ3) is 1.12. The molecule has 68 valence electrons. The Bertz CT molecular complexity index is 202. The molecule has 2 aliphatic carbocycles. The Kier molecular flexibility index (Phi) is 1.83. The van der Waals surface area contributed by atoms with Crippen LogP contribution in [0.5, 0.6) is 0 Å². The van der Waals surface area contributed by atoms with Gasteiger partial charge in [0, 0.05) is 12.8 Å². The summed E-state index contributed by atoms with van der Waals surface area (Å²) in [5.74, 6) is 0.429. The van der Waals surface area contributed by atoms with Crippen LogP contribution in [0.3, 0.4) is 0 Å². The summed E-state index contributed by atoms with van der Waals surface area (Å²) in [6, 6.07) is 0. The first kappa shape index (κ1) is 8.05. The van der Waals surface area contributed by atoms with Crippen molar-refractivity contribution >= 4 is 5.97 Å². The molecule has 0 spiro atoms. The quantitative estimate of drug-likeness (QED) is 0.589. The predicted molar refractivity (Wildman–Crippen MR) is 42.4 cm³/mol. The number of hydrogen-bond donors (Lipinski definition) is 1. The van der Waals surface area contributed by atoms with Crippen LogP contribution in [0.25, 0.3) is 0 Å². The average Bonchev–Trinajstić information content (AvgIpc) is 2.44. The Morgan fingerprint density at radius 3 is 2.67 bits per heavy atom. The minimum atomic E-state index is -0.229. The van der Waals surface area contributed by atoms with E-state index >= 15 is 0 Å². The number of aliphatic hydroxyl groups is 1. The van der Waals surface area contributed by atoms with E-state index in [1.54, 1.807) is 0 Å². The molecule has 0 radical (unpaired) electrons. The van der Waals surface area contributed by atoms with Gasteiger partial charge in [0.2, 0.25) is 0 Å². The topological polar surface area (TPSA) is 46.5 Å². The first-order valence-electron chi connectivity index (χ1n) is 4.54. The van der Waals surface area contributed by atoms with Gasteiger partial charge in [-0.3, -0.25) is 4.79 Å². The number of esters is 1. The number of carbonyl (C=O) groups excluding carboxylic acids is 1. The van der Waals surface area contributed by atoms with Crippen molar-refractivity contribution in [1.82, 2.24) is 0 Å². The molecule has 0 amide bonds. The van der Waals surface area contributed by atoms with Crippen LogP contribution in [0.15, 0.2) is 0 Å². The van der Waals surface area contributed by atoms with E-state index in [1.807, 2.05) is 0 Å². The highest BCUT2D eigenvalue weighted by Crippen LogP contribution is 2.46. The maximum absolute atomic E-state index is 10.7. The molecule has 0 saturated heterocycles. The summed E-state index contributed by atoms with van der Waals surface area (Å²) in [6.07, 6.45) is 2.73. The first-order chi connectivity index (χ1) is 5.68. The fourth-order valence-corrected chi connectivity index (χ4v) is 2.61. The zero-order chi connectivity index (χ0) is 8.72. The lowest BCUT2D eigenvalue weighted by Crippen LogP contribution is -2.24. The van der Waals surface area contributed by atoms with Gasteiger partial charge in [0.15, 0.2) is 0 Å². The van der Waals surface area contributed by atoms with E-state index in [0.29, 0.717) is 5.92 Å². The van der Waals surface area contributed by atoms with Crippen molar-refractivity contribution in [1.29, 1.82) is 0 Å². The van der Waals surface area contributed by atoms with Crippen LogP contribution in [0.2, 0.25) is 0 Å². The summed E-state index contributed by atoms with van der Waals surface area (Å²) in [5, 5.41) is 9.51. The summed E-state index contributed by atoms with van der Waals surface area (Å²) in [4.78, 5) is 10.7. The van der Waals surface area contributed by atoms with Crippen LogP contribution in [0, 0.1) is 11.8 Å². The number of aliphatic hydroxyl groups excluding tert-OH is 1. The van der Waals surface area contributed by atoms with Crippen LogP contribution in [0.4, 0.5) is 0 Å². The molecule has 2 saturated carbocycles. The number of rotatable bonds is 1. The lowest BCUT2D eigenvalue weighted by Gasteiger charge is -2.16. The maximum atomic E-state index is 10.7. The molecule has 0 heterocycles. The third-order valence-corrected chi connectivity index (χ3v) is 3.10. The molecule has 2 aliphatic rings. The smallest absolute Gasteiger partial charge is 0.302 e. The second kappa shape index (κ2) is 2.73. The maximum Gasteiger partial charge on any atom is 0.302 e. The second-order valence-electron chi connectivity index (χ2n) is 3.88. The van der Waals surface area contributed by atoms with Crippen molar-refractivity contribution in [2.24, 2.45) is 11.8 Å². The summed E-state index contributed by atoms with van der Waals surface area (Å²) in [5.41, 5.74) is 0. The van der Waals surface area contributed by atoms with Crippen molar-refractivity contribution in [3.05, 3.63) is 0 Å². The minimum Gasteiger partial charge on any atom is -0.462 e. The van der Waals surface area contributed by atoms with Crippen LogP contribution in [0.1, 0.15) is 26.2 Å². The number of carbonyl (C=O) groups is 1. The Morgan fingerprint density at radius 2 is 2.25 bits per heavy atom. The Labute approximate surface area is 71.7 Å². The third-order valence-electron chi connectivity index (χ3n) is 3.10. The van der Waals surface area contributed by atoms with Crippen molar-refractivity contribution in [2.45, 2.75) is 38.4 Å². The first-order valence-corrected chi connectivity index (χ1v) is 4.54. The molecule has 0 aromatic rings. The van der Waals surface area contributed by atoms with Gasteiger partial charge in [0.25, 0.3) is 0 Å². The number of fused-ring (bicyclic) bond motifs is 2. The van der Waals surface area contributed by atoms with Gasteiger partial charge >= 0.3 is 5.97 Å². The van der Waals surface area contributed by atoms with Crippen molar-refractivity contribution in [3.63, 3.8) is 0 Å². The molecule has 2 fully saturated rings. The predicted octanol–water partition coefficient (Wildman–Crippen LogP) is 0.709. The molecule has 3 nitrogen and oxygen atoms in total. The molecular weight excluding hydrogens is 156 g/mol. The average molecular weight is 170 g/mol. The second-order valence-corrected chi connectivity index (χ2v) is 3.88. The van der Waals surface area contributed by atoms with Crippen LogP contribution >= 0.6 is 0 Å². The minimum absolute atomic E-state index is 0.0116. The lowest BCUT2D eigenvalue weighted by atomic mass is 9.98. The molecule has 12 heavy (non-hydrogen) atoms. The summed E-state index contributed by atoms with van der Waals surface area (Å²) in [7, 11) is 0. The van der Waals surface area contributed by atoms with Gasteiger partial charge in [-0.1, -0.05) is 0 Å². The van der Waals surface area contributed by atoms with Gasteiger partial charge in [-0.15, -0.1) is 0 Å². The van der Waals surface area contributed by atoms with Crippen LogP contribution < -0.4 is 0 Å². The largest absolute Gasteiger partial charge is 0.462 e. The van der Waals surface area contributed by atoms with Gasteiger partial charge in [-0.2, -0.15) is 0 Å². The highest BCUT2D eigenvalue weighted by atomic mass is 16.5. The van der Waals surface area contributed by atoms with E-state index in [4.69, 9.17) is 4.74 Å². The monoisotopic (exact) mass is 170 g/mol. The zero-order valence-electron chi connectivity index (χ0n) is 7.19. The van der Waals surface area contributed by atoms with E-state index in [0.717, 1.165) is 19.3 Å². The lowest BCUT2D eigenvalue weighted by molar-refractivity contribution is -0.149. The molecule has 1 N–H and O–H groups in total. The van der Waals surface area contributed by atoms with E-state index in [9.17, 15) is 9.90 Å². The molecule has 0 aromatic heterocycles. The molecular formula is C9H14O3. The number of hydrogen-bond acceptors (Lipinski definition) is 3. The van der Waals surface area contributed by atoms with E-state index < -0.39 is 0 Å². The molecule has 0 aromatic carbocycles. The van der Waals surface area contributed by atoms with Crippen molar-refractivity contribution in [3.8, 4) is 0 Å². The van der Waals surface area contributed by atoms with E-state index in [1.165, 1.54) is 6.92 Å². The molecule has 2 rings (SSSR count). The molecule has 0 unspecified atom stereocenters. The zero-order valence-corrected chi connectivity index (χ0v) is 7.19. The summed E-state index contributed by atoms with van der Waals surface area (Å²) in [6.45, 7) is 1.43. The van der Waals surface area contributed by atoms with Crippen LogP contribution in [-0.4, -0.2) is 23.3 Å². The normalized spacial score (nSPS) is 44.8. The standard InChI is InChI=1S/C9H14O3/c1-5(10)12-9-6-2-3-7(9)8(11)4-6/h6-9,11H,2-4H2,1H3/t6-,7+,8-,9+/m1/s1. The fraction of sp³-hybridized carbons (Fsp3) is 0.889.